The Kier molecular flexibility index (Phi) is 4.76. The molecule has 0 aromatic heterocycles. The smallest absolute Gasteiger partial charge is 0.146 e. The van der Waals surface area contributed by atoms with Crippen molar-refractivity contribution in [1.82, 2.24) is 0 Å². The molecule has 0 fully saturated rings. The number of nitrogens with one attached hydrogen (secondary N) is 1. The predicted octanol–water partition coefficient (Wildman–Crippen LogP) is 1.48. The lowest BCUT2D eigenvalue weighted by Gasteiger charge is -1.96. The van der Waals surface area contributed by atoms with Crippen LogP contribution in [0.2, 0.25) is 0 Å². The summed E-state index contributed by atoms with van der Waals surface area (Å²) in [4.78, 5) is 3.96. The number of ether oxygens (including phenoxy) is 1. The second-order valence-corrected chi connectivity index (χ2v) is 2.08. The van der Waals surface area contributed by atoms with Crippen molar-refractivity contribution >= 4 is 11.5 Å². The monoisotopic (exact) mass is 142 g/mol. The Labute approximate surface area is 61.6 Å². The zero-order valence-corrected chi connectivity index (χ0v) is 6.77. The lowest BCUT2D eigenvalue weighted by atomic mass is 10.3. The van der Waals surface area contributed by atoms with Crippen LogP contribution in [0, 0.1) is 5.41 Å². The van der Waals surface area contributed by atoms with Gasteiger partial charge in [0, 0.05) is 12.8 Å². The quantitative estimate of drug-likeness (QED) is 0.471. The number of rotatable bonds is 3. The van der Waals surface area contributed by atoms with Crippen LogP contribution in [0.3, 0.4) is 0 Å². The summed E-state index contributed by atoms with van der Waals surface area (Å²) in [5.74, 6) is 0.293. The Morgan fingerprint density at radius 3 is 2.60 bits per heavy atom. The molecule has 0 aliphatic carbocycles. The topological polar surface area (TPSA) is 45.4 Å². The molecule has 3 heteroatoms. The van der Waals surface area contributed by atoms with Gasteiger partial charge in [-0.15, -0.1) is 0 Å². The first-order valence-corrected chi connectivity index (χ1v) is 3.31. The first-order chi connectivity index (χ1) is 4.70. The summed E-state index contributed by atoms with van der Waals surface area (Å²) >= 11 is 0. The normalized spacial score (nSPS) is 11.7. The first kappa shape index (κ1) is 9.30. The number of amidine groups is 1. The van der Waals surface area contributed by atoms with E-state index in [-0.39, 0.29) is 0 Å². The molecular weight excluding hydrogens is 128 g/mol. The van der Waals surface area contributed by atoms with Crippen LogP contribution in [0.5, 0.6) is 0 Å². The van der Waals surface area contributed by atoms with E-state index in [1.165, 1.54) is 0 Å². The molecule has 0 aliphatic heterocycles. The maximum Gasteiger partial charge on any atom is 0.146 e. The van der Waals surface area contributed by atoms with E-state index in [2.05, 4.69) is 4.99 Å². The maximum atomic E-state index is 7.21. The van der Waals surface area contributed by atoms with Crippen molar-refractivity contribution in [2.24, 2.45) is 4.99 Å². The second kappa shape index (κ2) is 5.11. The highest BCUT2D eigenvalue weighted by Crippen LogP contribution is 1.86. The lowest BCUT2D eigenvalue weighted by Crippen LogP contribution is -2.04. The highest BCUT2D eigenvalue weighted by atomic mass is 16.5. The van der Waals surface area contributed by atoms with Crippen molar-refractivity contribution < 1.29 is 4.74 Å². The molecule has 0 spiro atoms. The van der Waals surface area contributed by atoms with Gasteiger partial charge in [0.25, 0.3) is 0 Å². The van der Waals surface area contributed by atoms with E-state index in [9.17, 15) is 0 Å². The van der Waals surface area contributed by atoms with Crippen molar-refractivity contribution in [3.8, 4) is 0 Å². The van der Waals surface area contributed by atoms with Crippen LogP contribution in [-0.4, -0.2) is 25.3 Å². The van der Waals surface area contributed by atoms with E-state index in [0.29, 0.717) is 12.4 Å². The van der Waals surface area contributed by atoms with Gasteiger partial charge in [-0.25, -0.2) is 4.99 Å². The minimum absolute atomic E-state index is 0.293. The Balaban J connectivity index is 3.75. The number of hydrogen-bond donors (Lipinski definition) is 1. The van der Waals surface area contributed by atoms with Gasteiger partial charge in [-0.3, -0.25) is 5.41 Å². The van der Waals surface area contributed by atoms with Gasteiger partial charge < -0.3 is 4.74 Å². The van der Waals surface area contributed by atoms with Gasteiger partial charge in [0.15, 0.2) is 0 Å². The van der Waals surface area contributed by atoms with E-state index < -0.39 is 0 Å². The molecule has 0 radical (unpaired) electrons. The zero-order chi connectivity index (χ0) is 7.98. The number of hydrogen-bond acceptors (Lipinski definition) is 2. The van der Waals surface area contributed by atoms with Gasteiger partial charge in [0.2, 0.25) is 0 Å². The summed E-state index contributed by atoms with van der Waals surface area (Å²) in [5, 5.41) is 7.21. The summed E-state index contributed by atoms with van der Waals surface area (Å²) in [6.45, 7) is 4.22. The van der Waals surface area contributed by atoms with Crippen LogP contribution in [-0.2, 0) is 4.74 Å². The van der Waals surface area contributed by atoms with E-state index in [1.54, 1.807) is 7.11 Å². The fourth-order valence-corrected chi connectivity index (χ4v) is 0.478. The predicted molar refractivity (Wildman–Crippen MR) is 43.0 cm³/mol. The molecule has 0 rings (SSSR count). The minimum atomic E-state index is 0.293. The molecule has 0 aromatic carbocycles. The largest absolute Gasteiger partial charge is 0.377 e. The molecule has 3 nitrogen and oxygen atoms in total. The number of aliphatic imine (C=N–C) groups is 1. The Bertz CT molecular complexity index is 141. The summed E-state index contributed by atoms with van der Waals surface area (Å²) in [6.07, 6.45) is 0.895. The lowest BCUT2D eigenvalue weighted by molar-refractivity contribution is 0.244. The molecule has 0 bridgehead atoms. The van der Waals surface area contributed by atoms with E-state index in [4.69, 9.17) is 10.1 Å². The third-order valence-corrected chi connectivity index (χ3v) is 1.12. The fourth-order valence-electron chi connectivity index (χ4n) is 0.478. The van der Waals surface area contributed by atoms with Crippen molar-refractivity contribution in [3.63, 3.8) is 0 Å². The highest BCUT2D eigenvalue weighted by Gasteiger charge is 1.91. The van der Waals surface area contributed by atoms with Crippen molar-refractivity contribution in [2.45, 2.75) is 20.3 Å². The van der Waals surface area contributed by atoms with Gasteiger partial charge in [0.05, 0.1) is 0 Å². The summed E-state index contributed by atoms with van der Waals surface area (Å²) in [5.41, 5.74) is 0.974. The minimum Gasteiger partial charge on any atom is -0.377 e. The average molecular weight is 142 g/mol. The van der Waals surface area contributed by atoms with Crippen LogP contribution < -0.4 is 0 Å². The third kappa shape index (κ3) is 4.21. The van der Waals surface area contributed by atoms with Crippen LogP contribution in [0.1, 0.15) is 20.3 Å². The Morgan fingerprint density at radius 2 is 2.20 bits per heavy atom. The molecule has 0 heterocycles. The maximum absolute atomic E-state index is 7.21. The molecule has 0 saturated heterocycles. The first-order valence-electron chi connectivity index (χ1n) is 3.31. The van der Waals surface area contributed by atoms with Gasteiger partial charge in [-0.1, -0.05) is 6.92 Å². The van der Waals surface area contributed by atoms with Gasteiger partial charge >= 0.3 is 0 Å². The van der Waals surface area contributed by atoms with Crippen LogP contribution in [0.15, 0.2) is 4.99 Å². The molecule has 10 heavy (non-hydrogen) atoms. The average Bonchev–Trinajstić information content (AvgIpc) is 1.88. The van der Waals surface area contributed by atoms with Crippen LogP contribution in [0.25, 0.3) is 0 Å². The van der Waals surface area contributed by atoms with Gasteiger partial charge in [0.1, 0.15) is 12.4 Å². The SMILES string of the molecule is CC/C(C)=N\C(=N)COC. The van der Waals surface area contributed by atoms with E-state index >= 15 is 0 Å². The van der Waals surface area contributed by atoms with E-state index in [1.807, 2.05) is 13.8 Å². The Morgan fingerprint density at radius 1 is 1.60 bits per heavy atom. The molecule has 0 unspecified atom stereocenters. The molecule has 0 aliphatic rings. The molecular formula is C7H14N2O. The van der Waals surface area contributed by atoms with Gasteiger partial charge in [-0.05, 0) is 13.3 Å². The molecule has 0 amide bonds. The van der Waals surface area contributed by atoms with Crippen molar-refractivity contribution in [2.75, 3.05) is 13.7 Å². The van der Waals surface area contributed by atoms with E-state index in [0.717, 1.165) is 12.1 Å². The molecule has 0 aromatic rings. The van der Waals surface area contributed by atoms with Gasteiger partial charge in [-0.2, -0.15) is 0 Å². The second-order valence-electron chi connectivity index (χ2n) is 2.08. The Hall–Kier alpha value is -0.700. The summed E-state index contributed by atoms with van der Waals surface area (Å²) in [6, 6.07) is 0. The summed E-state index contributed by atoms with van der Waals surface area (Å²) in [7, 11) is 1.56. The highest BCUT2D eigenvalue weighted by molar-refractivity contribution is 5.95. The molecule has 0 atom stereocenters. The third-order valence-electron chi connectivity index (χ3n) is 1.12. The zero-order valence-electron chi connectivity index (χ0n) is 6.77. The van der Waals surface area contributed by atoms with Crippen molar-refractivity contribution in [3.05, 3.63) is 0 Å². The van der Waals surface area contributed by atoms with Crippen molar-refractivity contribution in [1.29, 1.82) is 5.41 Å². The summed E-state index contributed by atoms with van der Waals surface area (Å²) < 4.78 is 4.72. The number of nitrogens with zero attached hydrogens (tertiary/aromatic N) is 1. The van der Waals surface area contributed by atoms with Crippen LogP contribution >= 0.6 is 0 Å². The fraction of sp³-hybridized carbons (Fsp3) is 0.714. The van der Waals surface area contributed by atoms with Crippen LogP contribution in [0.4, 0.5) is 0 Å². The molecule has 0 saturated carbocycles. The number of methoxy groups -OCH3 is 1. The molecule has 1 N–H and O–H groups in total. The standard InChI is InChI=1S/C7H14N2O/c1-4-6(2)9-7(8)5-10-3/h8H,4-5H2,1-3H3/b8-7?,9-6-. The molecule has 58 valence electrons.